The molecule has 140 valence electrons. The van der Waals surface area contributed by atoms with Gasteiger partial charge in [0.2, 0.25) is 0 Å². The normalized spacial score (nSPS) is 10.8. The van der Waals surface area contributed by atoms with Gasteiger partial charge in [0.15, 0.2) is 5.69 Å². The highest BCUT2D eigenvalue weighted by atomic mass is 19.1. The SMILES string of the molecule is Cc1[nH]n(C(=O)Nc2cccc(F)c2)c(=O)c1-n1cc(-c2ccccc2)nn1. The summed E-state index contributed by atoms with van der Waals surface area (Å²) < 4.78 is 15.4. The number of rotatable bonds is 3. The smallest absolute Gasteiger partial charge is 0.306 e. The van der Waals surface area contributed by atoms with Crippen molar-refractivity contribution in [2.45, 2.75) is 6.92 Å². The first-order chi connectivity index (χ1) is 13.5. The number of anilines is 1. The second-order valence-corrected chi connectivity index (χ2v) is 6.08. The van der Waals surface area contributed by atoms with Crippen LogP contribution in [0.25, 0.3) is 16.9 Å². The van der Waals surface area contributed by atoms with Gasteiger partial charge in [-0.25, -0.2) is 13.9 Å². The Morgan fingerprint density at radius 1 is 1.14 bits per heavy atom. The number of benzene rings is 2. The maximum absolute atomic E-state index is 13.3. The van der Waals surface area contributed by atoms with Crippen molar-refractivity contribution in [1.82, 2.24) is 24.8 Å². The first-order valence-corrected chi connectivity index (χ1v) is 8.39. The van der Waals surface area contributed by atoms with Gasteiger partial charge in [0.05, 0.1) is 11.9 Å². The molecule has 2 N–H and O–H groups in total. The van der Waals surface area contributed by atoms with Gasteiger partial charge in [0.1, 0.15) is 11.5 Å². The minimum absolute atomic E-state index is 0.170. The minimum Gasteiger partial charge on any atom is -0.306 e. The number of hydrogen-bond donors (Lipinski definition) is 2. The van der Waals surface area contributed by atoms with E-state index >= 15 is 0 Å². The van der Waals surface area contributed by atoms with Crippen LogP contribution in [0.1, 0.15) is 5.69 Å². The van der Waals surface area contributed by atoms with Crippen LogP contribution in [0.15, 0.2) is 65.6 Å². The summed E-state index contributed by atoms with van der Waals surface area (Å²) in [5.74, 6) is -0.496. The fourth-order valence-electron chi connectivity index (χ4n) is 2.81. The van der Waals surface area contributed by atoms with Crippen LogP contribution in [-0.4, -0.2) is 30.8 Å². The summed E-state index contributed by atoms with van der Waals surface area (Å²) in [5, 5.41) is 13.3. The van der Waals surface area contributed by atoms with E-state index in [1.54, 1.807) is 13.1 Å². The number of carbonyl (C=O) groups excluding carboxylic acids is 1. The van der Waals surface area contributed by atoms with Crippen molar-refractivity contribution in [1.29, 1.82) is 0 Å². The highest BCUT2D eigenvalue weighted by molar-refractivity contribution is 5.90. The molecule has 0 aliphatic heterocycles. The molecule has 0 bridgehead atoms. The van der Waals surface area contributed by atoms with Crippen LogP contribution in [0.3, 0.4) is 0 Å². The number of carbonyl (C=O) groups is 1. The molecular formula is C19H15FN6O2. The Morgan fingerprint density at radius 3 is 2.68 bits per heavy atom. The molecule has 0 fully saturated rings. The first kappa shape index (κ1) is 17.4. The summed E-state index contributed by atoms with van der Waals surface area (Å²) in [5.41, 5.74) is 1.68. The molecule has 1 amide bonds. The van der Waals surface area contributed by atoms with Crippen molar-refractivity contribution in [3.8, 4) is 16.9 Å². The molecule has 28 heavy (non-hydrogen) atoms. The Kier molecular flexibility index (Phi) is 4.32. The summed E-state index contributed by atoms with van der Waals surface area (Å²) in [4.78, 5) is 25.2. The predicted molar refractivity (Wildman–Crippen MR) is 101 cm³/mol. The lowest BCUT2D eigenvalue weighted by atomic mass is 10.2. The lowest BCUT2D eigenvalue weighted by molar-refractivity contribution is 0.250. The number of H-pyrrole nitrogens is 1. The molecule has 2 aromatic carbocycles. The zero-order valence-electron chi connectivity index (χ0n) is 14.8. The average molecular weight is 378 g/mol. The molecule has 0 spiro atoms. The van der Waals surface area contributed by atoms with Gasteiger partial charge >= 0.3 is 11.6 Å². The molecule has 2 aromatic heterocycles. The Labute approximate surface area is 158 Å². The number of aromatic nitrogens is 5. The van der Waals surface area contributed by atoms with E-state index in [0.717, 1.165) is 16.3 Å². The number of aryl methyl sites for hydroxylation is 1. The molecule has 9 heteroatoms. The highest BCUT2D eigenvalue weighted by Gasteiger charge is 2.19. The predicted octanol–water partition coefficient (Wildman–Crippen LogP) is 2.95. The van der Waals surface area contributed by atoms with E-state index in [9.17, 15) is 14.0 Å². The number of aromatic amines is 1. The standard InChI is InChI=1S/C19H15FN6O2/c1-12-17(25-11-16(22-24-25)13-6-3-2-4-7-13)18(27)26(23-12)19(28)21-15-9-5-8-14(20)10-15/h2-11,23H,1H3,(H,21,28). The molecule has 0 radical (unpaired) electrons. The number of amides is 1. The van der Waals surface area contributed by atoms with E-state index < -0.39 is 17.4 Å². The quantitative estimate of drug-likeness (QED) is 0.573. The van der Waals surface area contributed by atoms with E-state index in [0.29, 0.717) is 11.4 Å². The van der Waals surface area contributed by atoms with E-state index in [1.807, 2.05) is 30.3 Å². The van der Waals surface area contributed by atoms with Crippen molar-refractivity contribution in [3.05, 3.63) is 82.7 Å². The summed E-state index contributed by atoms with van der Waals surface area (Å²) in [6, 6.07) is 14.0. The van der Waals surface area contributed by atoms with Crippen LogP contribution < -0.4 is 10.9 Å². The lowest BCUT2D eigenvalue weighted by Crippen LogP contribution is -2.30. The molecule has 0 aliphatic carbocycles. The van der Waals surface area contributed by atoms with Crippen molar-refractivity contribution >= 4 is 11.7 Å². The third-order valence-corrected chi connectivity index (χ3v) is 4.11. The van der Waals surface area contributed by atoms with Gasteiger partial charge in [0.25, 0.3) is 0 Å². The van der Waals surface area contributed by atoms with Gasteiger partial charge in [-0.1, -0.05) is 41.6 Å². The van der Waals surface area contributed by atoms with Crippen molar-refractivity contribution in [2.75, 3.05) is 5.32 Å². The van der Waals surface area contributed by atoms with Crippen LogP contribution in [0.4, 0.5) is 14.9 Å². The van der Waals surface area contributed by atoms with E-state index in [-0.39, 0.29) is 11.4 Å². The molecule has 8 nitrogen and oxygen atoms in total. The van der Waals surface area contributed by atoms with Gasteiger partial charge < -0.3 is 5.32 Å². The Hall–Kier alpha value is -4.01. The fraction of sp³-hybridized carbons (Fsp3) is 0.0526. The number of nitrogens with zero attached hydrogens (tertiary/aromatic N) is 4. The summed E-state index contributed by atoms with van der Waals surface area (Å²) >= 11 is 0. The second-order valence-electron chi connectivity index (χ2n) is 6.08. The highest BCUT2D eigenvalue weighted by Crippen LogP contribution is 2.17. The molecule has 0 unspecified atom stereocenters. The molecule has 4 rings (SSSR count). The third-order valence-electron chi connectivity index (χ3n) is 4.11. The Balaban J connectivity index is 1.66. The number of halogens is 1. The largest absolute Gasteiger partial charge is 0.348 e. The summed E-state index contributed by atoms with van der Waals surface area (Å²) in [7, 11) is 0. The molecule has 0 aliphatic rings. The summed E-state index contributed by atoms with van der Waals surface area (Å²) in [6.07, 6.45) is 1.61. The van der Waals surface area contributed by atoms with Crippen LogP contribution in [0, 0.1) is 12.7 Å². The maximum atomic E-state index is 13.3. The zero-order chi connectivity index (χ0) is 19.7. The number of nitrogens with one attached hydrogen (secondary N) is 2. The monoisotopic (exact) mass is 378 g/mol. The van der Waals surface area contributed by atoms with E-state index in [4.69, 9.17) is 0 Å². The minimum atomic E-state index is -0.742. The topological polar surface area (TPSA) is 97.6 Å². The summed E-state index contributed by atoms with van der Waals surface area (Å²) in [6.45, 7) is 1.65. The average Bonchev–Trinajstić information content (AvgIpc) is 3.27. The van der Waals surface area contributed by atoms with Crippen molar-refractivity contribution < 1.29 is 9.18 Å². The van der Waals surface area contributed by atoms with Gasteiger partial charge in [0, 0.05) is 11.3 Å². The molecular weight excluding hydrogens is 363 g/mol. The van der Waals surface area contributed by atoms with Gasteiger partial charge in [-0.05, 0) is 25.1 Å². The van der Waals surface area contributed by atoms with E-state index in [1.165, 1.54) is 22.9 Å². The van der Waals surface area contributed by atoms with Crippen LogP contribution in [-0.2, 0) is 0 Å². The van der Waals surface area contributed by atoms with Crippen molar-refractivity contribution in [3.63, 3.8) is 0 Å². The molecule has 4 aromatic rings. The van der Waals surface area contributed by atoms with Crippen molar-refractivity contribution in [2.24, 2.45) is 0 Å². The van der Waals surface area contributed by atoms with Gasteiger partial charge in [-0.2, -0.15) is 4.68 Å². The van der Waals surface area contributed by atoms with Crippen LogP contribution >= 0.6 is 0 Å². The number of hydrogen-bond acceptors (Lipinski definition) is 4. The first-order valence-electron chi connectivity index (χ1n) is 8.39. The van der Waals surface area contributed by atoms with Gasteiger partial charge in [-0.15, -0.1) is 5.10 Å². The Morgan fingerprint density at radius 2 is 1.93 bits per heavy atom. The molecule has 0 saturated heterocycles. The molecule has 2 heterocycles. The third kappa shape index (κ3) is 3.20. The zero-order valence-corrected chi connectivity index (χ0v) is 14.8. The van der Waals surface area contributed by atoms with Gasteiger partial charge in [-0.3, -0.25) is 9.89 Å². The fourth-order valence-corrected chi connectivity index (χ4v) is 2.81. The Bertz CT molecular complexity index is 1210. The maximum Gasteiger partial charge on any atom is 0.348 e. The second kappa shape index (κ2) is 6.95. The van der Waals surface area contributed by atoms with E-state index in [2.05, 4.69) is 20.7 Å². The lowest BCUT2D eigenvalue weighted by Gasteiger charge is -2.04. The van der Waals surface area contributed by atoms with Crippen LogP contribution in [0.2, 0.25) is 0 Å². The molecule has 0 saturated carbocycles. The molecule has 0 atom stereocenters. The van der Waals surface area contributed by atoms with Crippen LogP contribution in [0.5, 0.6) is 0 Å².